The molecule has 0 spiro atoms. The Balaban J connectivity index is 1.83. The maximum Gasteiger partial charge on any atom is 0.356 e. The van der Waals surface area contributed by atoms with Crippen LogP contribution in [0.2, 0.25) is 0 Å². The number of benzene rings is 2. The molecule has 1 aliphatic rings. The monoisotopic (exact) mass is 560 g/mol. The fourth-order valence-corrected chi connectivity index (χ4v) is 5.62. The van der Waals surface area contributed by atoms with Crippen molar-refractivity contribution in [3.8, 4) is 17.3 Å². The molecule has 3 aromatic rings. The van der Waals surface area contributed by atoms with Gasteiger partial charge >= 0.3 is 5.97 Å². The number of hydrogen-bond acceptors (Lipinski definition) is 7. The molecule has 0 radical (unpaired) electrons. The molecular formula is C26H29FN4O7S. The van der Waals surface area contributed by atoms with E-state index in [0.29, 0.717) is 0 Å². The molecule has 1 fully saturated rings. The van der Waals surface area contributed by atoms with E-state index in [0.717, 1.165) is 10.7 Å². The van der Waals surface area contributed by atoms with Crippen molar-refractivity contribution in [3.63, 3.8) is 0 Å². The summed E-state index contributed by atoms with van der Waals surface area (Å²) in [4.78, 5) is 24.0. The summed E-state index contributed by atoms with van der Waals surface area (Å²) in [6, 6.07) is 9.46. The molecule has 0 atom stereocenters. The number of carbonyl (C=O) groups excluding carboxylic acids is 1. The Morgan fingerprint density at radius 2 is 1.90 bits per heavy atom. The van der Waals surface area contributed by atoms with E-state index >= 15 is 0 Å². The van der Waals surface area contributed by atoms with Gasteiger partial charge in [-0.25, -0.2) is 17.6 Å². The summed E-state index contributed by atoms with van der Waals surface area (Å²) >= 11 is 0. The van der Waals surface area contributed by atoms with Crippen LogP contribution < -0.4 is 10.1 Å². The summed E-state index contributed by atoms with van der Waals surface area (Å²) in [5.41, 5.74) is 0.192. The number of amides is 1. The van der Waals surface area contributed by atoms with Gasteiger partial charge < -0.3 is 19.9 Å². The van der Waals surface area contributed by atoms with Gasteiger partial charge in [0.25, 0.3) is 0 Å². The van der Waals surface area contributed by atoms with Gasteiger partial charge in [0.1, 0.15) is 16.5 Å². The van der Waals surface area contributed by atoms with E-state index in [1.54, 1.807) is 0 Å². The first-order chi connectivity index (χ1) is 18.5. The molecule has 0 bridgehead atoms. The number of aromatic nitrogens is 2. The Labute approximate surface area is 225 Å². The molecule has 2 aromatic carbocycles. The molecular weight excluding hydrogens is 531 g/mol. The number of nitrogens with one attached hydrogen (secondary N) is 1. The average molecular weight is 561 g/mol. The number of sulfonamides is 1. The zero-order valence-electron chi connectivity index (χ0n) is 21.7. The van der Waals surface area contributed by atoms with E-state index in [9.17, 15) is 27.5 Å². The molecule has 11 nitrogen and oxygen atoms in total. The van der Waals surface area contributed by atoms with Crippen molar-refractivity contribution in [2.75, 3.05) is 31.6 Å². The van der Waals surface area contributed by atoms with Crippen LogP contribution in [0.15, 0.2) is 47.4 Å². The van der Waals surface area contributed by atoms with Gasteiger partial charge in [0.15, 0.2) is 5.69 Å². The third-order valence-electron chi connectivity index (χ3n) is 5.94. The number of morpholine rings is 1. The Morgan fingerprint density at radius 1 is 1.18 bits per heavy atom. The number of ether oxygens (including phenoxy) is 2. The van der Waals surface area contributed by atoms with Crippen LogP contribution in [0.5, 0.6) is 11.6 Å². The van der Waals surface area contributed by atoms with Gasteiger partial charge in [-0.1, -0.05) is 19.9 Å². The minimum absolute atomic E-state index is 0.0960. The van der Waals surface area contributed by atoms with Crippen LogP contribution in [-0.2, 0) is 19.6 Å². The maximum atomic E-state index is 14.0. The van der Waals surface area contributed by atoms with Crippen molar-refractivity contribution >= 4 is 27.6 Å². The summed E-state index contributed by atoms with van der Waals surface area (Å²) < 4.78 is 55.2. The van der Waals surface area contributed by atoms with Gasteiger partial charge in [-0.05, 0) is 49.2 Å². The highest BCUT2D eigenvalue weighted by atomic mass is 32.2. The van der Waals surface area contributed by atoms with E-state index in [1.165, 1.54) is 47.6 Å². The number of nitrogens with zero attached hydrogens (tertiary/aromatic N) is 3. The number of hydrogen-bond donors (Lipinski definition) is 2. The molecule has 1 aliphatic heterocycles. The molecule has 0 aliphatic carbocycles. The summed E-state index contributed by atoms with van der Waals surface area (Å²) in [7, 11) is -4.13. The van der Waals surface area contributed by atoms with Gasteiger partial charge in [-0.2, -0.15) is 14.1 Å². The average Bonchev–Trinajstić information content (AvgIpc) is 3.21. The standard InChI is InChI=1S/C26H29FN4O7S/c1-16(2)13-23(32)28-19-7-8-21(22(15-19)39(35,36)30-9-11-37-12-10-30)38-25-17(3)24(26(33)34)29-31(25)20-6-4-5-18(27)14-20/h4-8,14-16H,9-13H2,1-3H3,(H,28,32)(H,33,34). The molecule has 0 saturated carbocycles. The van der Waals surface area contributed by atoms with Crippen LogP contribution in [-0.4, -0.2) is 65.8 Å². The van der Waals surface area contributed by atoms with Crippen LogP contribution in [0, 0.1) is 18.7 Å². The van der Waals surface area contributed by atoms with Gasteiger partial charge in [0, 0.05) is 30.8 Å². The van der Waals surface area contributed by atoms with E-state index in [4.69, 9.17) is 9.47 Å². The zero-order valence-corrected chi connectivity index (χ0v) is 22.5. The van der Waals surface area contributed by atoms with E-state index in [1.807, 2.05) is 13.8 Å². The van der Waals surface area contributed by atoms with Crippen LogP contribution in [0.3, 0.4) is 0 Å². The second-order valence-electron chi connectivity index (χ2n) is 9.40. The smallest absolute Gasteiger partial charge is 0.356 e. The quantitative estimate of drug-likeness (QED) is 0.403. The Hall–Kier alpha value is -3.81. The number of aromatic carboxylic acids is 1. The predicted octanol–water partition coefficient (Wildman–Crippen LogP) is 3.82. The van der Waals surface area contributed by atoms with Crippen molar-refractivity contribution in [2.24, 2.45) is 5.92 Å². The van der Waals surface area contributed by atoms with Gasteiger partial charge in [-0.3, -0.25) is 4.79 Å². The summed E-state index contributed by atoms with van der Waals surface area (Å²) in [5.74, 6) is -2.33. The fourth-order valence-electron chi connectivity index (χ4n) is 4.07. The molecule has 13 heteroatoms. The molecule has 208 valence electrons. The Kier molecular flexibility index (Phi) is 8.33. The summed E-state index contributed by atoms with van der Waals surface area (Å²) in [6.07, 6.45) is 0.244. The largest absolute Gasteiger partial charge is 0.476 e. The number of halogens is 1. The fraction of sp³-hybridized carbons (Fsp3) is 0.346. The lowest BCUT2D eigenvalue weighted by atomic mass is 10.1. The van der Waals surface area contributed by atoms with Crippen molar-refractivity contribution in [2.45, 2.75) is 32.1 Å². The Bertz CT molecular complexity index is 1500. The van der Waals surface area contributed by atoms with Gasteiger partial charge in [-0.15, -0.1) is 0 Å². The third-order valence-corrected chi connectivity index (χ3v) is 7.86. The van der Waals surface area contributed by atoms with E-state index in [2.05, 4.69) is 10.4 Å². The molecule has 4 rings (SSSR count). The Morgan fingerprint density at radius 3 is 2.54 bits per heavy atom. The first-order valence-electron chi connectivity index (χ1n) is 12.3. The van der Waals surface area contributed by atoms with Crippen molar-refractivity contribution in [3.05, 3.63) is 59.5 Å². The first kappa shape index (κ1) is 28.2. The minimum Gasteiger partial charge on any atom is -0.476 e. The topological polar surface area (TPSA) is 140 Å². The number of anilines is 1. The van der Waals surface area contributed by atoms with Crippen LogP contribution >= 0.6 is 0 Å². The summed E-state index contributed by atoms with van der Waals surface area (Å²) in [5, 5.41) is 16.4. The molecule has 1 aromatic heterocycles. The first-order valence-corrected chi connectivity index (χ1v) is 13.7. The van der Waals surface area contributed by atoms with Gasteiger partial charge in [0.2, 0.25) is 21.8 Å². The normalized spacial score (nSPS) is 14.4. The highest BCUT2D eigenvalue weighted by Gasteiger charge is 2.31. The highest BCUT2D eigenvalue weighted by molar-refractivity contribution is 7.89. The van der Waals surface area contributed by atoms with Crippen LogP contribution in [0.1, 0.15) is 36.3 Å². The second-order valence-corrected chi connectivity index (χ2v) is 11.3. The SMILES string of the molecule is Cc1c(C(=O)O)nn(-c2cccc(F)c2)c1Oc1ccc(NC(=O)CC(C)C)cc1S(=O)(=O)N1CCOCC1. The lowest BCUT2D eigenvalue weighted by Crippen LogP contribution is -2.40. The molecule has 39 heavy (non-hydrogen) atoms. The lowest BCUT2D eigenvalue weighted by Gasteiger charge is -2.27. The number of carboxylic acids is 1. The van der Waals surface area contributed by atoms with Crippen LogP contribution in [0.4, 0.5) is 10.1 Å². The molecule has 2 heterocycles. The number of rotatable bonds is 9. The minimum atomic E-state index is -4.13. The van der Waals surface area contributed by atoms with Crippen molar-refractivity contribution in [1.29, 1.82) is 0 Å². The zero-order chi connectivity index (χ0) is 28.3. The maximum absolute atomic E-state index is 14.0. The molecule has 0 unspecified atom stereocenters. The molecule has 1 amide bonds. The second kappa shape index (κ2) is 11.5. The summed E-state index contributed by atoms with van der Waals surface area (Å²) in [6.45, 7) is 5.91. The van der Waals surface area contributed by atoms with Crippen molar-refractivity contribution in [1.82, 2.24) is 14.1 Å². The molecule has 1 saturated heterocycles. The van der Waals surface area contributed by atoms with Crippen molar-refractivity contribution < 1.29 is 37.0 Å². The van der Waals surface area contributed by atoms with Crippen LogP contribution in [0.25, 0.3) is 5.69 Å². The predicted molar refractivity (Wildman–Crippen MR) is 139 cm³/mol. The third kappa shape index (κ3) is 6.27. The molecule has 2 N–H and O–H groups in total. The van der Waals surface area contributed by atoms with E-state index in [-0.39, 0.29) is 83.7 Å². The number of carboxylic acid groups (broad SMARTS) is 1. The highest BCUT2D eigenvalue weighted by Crippen LogP contribution is 2.36. The van der Waals surface area contributed by atoms with E-state index < -0.39 is 21.8 Å². The number of carbonyl (C=O) groups is 2. The van der Waals surface area contributed by atoms with Gasteiger partial charge in [0.05, 0.1) is 18.9 Å². The lowest BCUT2D eigenvalue weighted by molar-refractivity contribution is -0.116.